The molecule has 0 saturated carbocycles. The molecule has 0 fully saturated rings. The minimum Gasteiger partial charge on any atom is -0.385 e. The van der Waals surface area contributed by atoms with Gasteiger partial charge in [0.25, 0.3) is 5.91 Å². The van der Waals surface area contributed by atoms with Crippen molar-refractivity contribution in [2.24, 2.45) is 0 Å². The maximum atomic E-state index is 12.3. The zero-order chi connectivity index (χ0) is 18.2. The molecule has 0 radical (unpaired) electrons. The molecule has 6 nitrogen and oxygen atoms in total. The minimum absolute atomic E-state index is 0.207. The first-order valence-corrected chi connectivity index (χ1v) is 8.50. The van der Waals surface area contributed by atoms with E-state index in [0.717, 1.165) is 17.8 Å². The number of aryl methyl sites for hydroxylation is 1. The van der Waals surface area contributed by atoms with Crippen molar-refractivity contribution in [3.63, 3.8) is 0 Å². The molecule has 0 atom stereocenters. The number of anilines is 2. The van der Waals surface area contributed by atoms with E-state index in [2.05, 4.69) is 40.5 Å². The molecule has 0 aliphatic heterocycles. The Morgan fingerprint density at radius 2 is 2.00 bits per heavy atom. The van der Waals surface area contributed by atoms with Gasteiger partial charge in [-0.2, -0.15) is 0 Å². The number of benzene rings is 1. The van der Waals surface area contributed by atoms with Crippen LogP contribution in [0, 0.1) is 6.92 Å². The topological polar surface area (TPSA) is 76.1 Å². The summed E-state index contributed by atoms with van der Waals surface area (Å²) in [6.07, 6.45) is 0.763. The minimum atomic E-state index is -0.207. The maximum absolute atomic E-state index is 12.3. The quantitative estimate of drug-likeness (QED) is 0.719. The van der Waals surface area contributed by atoms with E-state index in [1.807, 2.05) is 25.1 Å². The average Bonchev–Trinajstić information content (AvgIpc) is 2.58. The van der Waals surface area contributed by atoms with Crippen LogP contribution < -0.4 is 10.6 Å². The molecule has 0 saturated heterocycles. The summed E-state index contributed by atoms with van der Waals surface area (Å²) in [6.45, 7) is 7.28. The molecule has 25 heavy (non-hydrogen) atoms. The Bertz CT molecular complexity index is 716. The highest BCUT2D eigenvalue weighted by atomic mass is 16.5. The normalized spacial score (nSPS) is 10.8. The second kappa shape index (κ2) is 9.13. The van der Waals surface area contributed by atoms with Crippen LogP contribution in [0.3, 0.4) is 0 Å². The van der Waals surface area contributed by atoms with Gasteiger partial charge in [-0.05, 0) is 37.0 Å². The van der Waals surface area contributed by atoms with Crippen molar-refractivity contribution in [2.75, 3.05) is 25.6 Å². The number of carbonyl (C=O) groups excluding carboxylic acids is 1. The van der Waals surface area contributed by atoms with Crippen molar-refractivity contribution >= 4 is 17.5 Å². The standard InChI is InChI=1S/C19H26N4O2/c1-13(2)15-8-5-6-9-16(15)22-19-21-14(3)12-17(23-19)18(24)20-10-7-11-25-4/h5-6,8-9,12-13H,7,10-11H2,1-4H3,(H,20,24)(H,21,22,23). The largest absolute Gasteiger partial charge is 0.385 e. The Kier molecular flexibility index (Phi) is 6.89. The van der Waals surface area contributed by atoms with Gasteiger partial charge in [0, 0.05) is 31.6 Å². The van der Waals surface area contributed by atoms with E-state index in [4.69, 9.17) is 4.74 Å². The Balaban J connectivity index is 2.15. The fourth-order valence-electron chi connectivity index (χ4n) is 2.48. The first kappa shape index (κ1) is 18.9. The number of carbonyl (C=O) groups is 1. The number of rotatable bonds is 8. The van der Waals surface area contributed by atoms with Crippen molar-refractivity contribution < 1.29 is 9.53 Å². The average molecular weight is 342 g/mol. The summed E-state index contributed by atoms with van der Waals surface area (Å²) < 4.78 is 4.98. The van der Waals surface area contributed by atoms with Crippen molar-refractivity contribution in [1.29, 1.82) is 0 Å². The van der Waals surface area contributed by atoms with E-state index in [1.165, 1.54) is 5.56 Å². The summed E-state index contributed by atoms with van der Waals surface area (Å²) >= 11 is 0. The molecule has 1 aromatic carbocycles. The number of nitrogens with one attached hydrogen (secondary N) is 2. The molecule has 2 aromatic rings. The zero-order valence-corrected chi connectivity index (χ0v) is 15.3. The third-order valence-electron chi connectivity index (χ3n) is 3.73. The predicted molar refractivity (Wildman–Crippen MR) is 99.4 cm³/mol. The van der Waals surface area contributed by atoms with Gasteiger partial charge < -0.3 is 15.4 Å². The van der Waals surface area contributed by atoms with Gasteiger partial charge in [0.1, 0.15) is 5.69 Å². The molecule has 0 bridgehead atoms. The van der Waals surface area contributed by atoms with Crippen molar-refractivity contribution in [3.8, 4) is 0 Å². The first-order valence-electron chi connectivity index (χ1n) is 8.50. The summed E-state index contributed by atoms with van der Waals surface area (Å²) in [5, 5.41) is 6.09. The molecule has 1 amide bonds. The molecule has 0 unspecified atom stereocenters. The number of hydrogen-bond donors (Lipinski definition) is 2. The number of para-hydroxylation sites is 1. The van der Waals surface area contributed by atoms with Crippen LogP contribution in [0.2, 0.25) is 0 Å². The van der Waals surface area contributed by atoms with Gasteiger partial charge in [0.2, 0.25) is 5.95 Å². The van der Waals surface area contributed by atoms with Gasteiger partial charge in [-0.1, -0.05) is 32.0 Å². The highest BCUT2D eigenvalue weighted by molar-refractivity contribution is 5.92. The number of nitrogens with zero attached hydrogens (tertiary/aromatic N) is 2. The molecule has 134 valence electrons. The lowest BCUT2D eigenvalue weighted by Crippen LogP contribution is -2.26. The third-order valence-corrected chi connectivity index (χ3v) is 3.73. The van der Waals surface area contributed by atoms with E-state index in [-0.39, 0.29) is 5.91 Å². The van der Waals surface area contributed by atoms with E-state index in [1.54, 1.807) is 13.2 Å². The van der Waals surface area contributed by atoms with Gasteiger partial charge in [-0.3, -0.25) is 4.79 Å². The SMILES string of the molecule is COCCCNC(=O)c1cc(C)nc(Nc2ccccc2C(C)C)n1. The van der Waals surface area contributed by atoms with Crippen LogP contribution in [0.25, 0.3) is 0 Å². The van der Waals surface area contributed by atoms with Gasteiger partial charge in [0.15, 0.2) is 0 Å². The van der Waals surface area contributed by atoms with Crippen LogP contribution in [-0.2, 0) is 4.74 Å². The van der Waals surface area contributed by atoms with Crippen LogP contribution in [0.1, 0.15) is 47.9 Å². The summed E-state index contributed by atoms with van der Waals surface area (Å²) in [4.78, 5) is 21.0. The monoisotopic (exact) mass is 342 g/mol. The first-order chi connectivity index (χ1) is 12.0. The molecule has 2 N–H and O–H groups in total. The zero-order valence-electron chi connectivity index (χ0n) is 15.3. The summed E-state index contributed by atoms with van der Waals surface area (Å²) in [7, 11) is 1.64. The Labute approximate surface area is 149 Å². The molecule has 1 aromatic heterocycles. The van der Waals surface area contributed by atoms with E-state index in [0.29, 0.717) is 30.7 Å². The highest BCUT2D eigenvalue weighted by Gasteiger charge is 2.12. The lowest BCUT2D eigenvalue weighted by molar-refractivity contribution is 0.0943. The number of ether oxygens (including phenoxy) is 1. The molecule has 6 heteroatoms. The molecule has 0 aliphatic carbocycles. The number of hydrogen-bond acceptors (Lipinski definition) is 5. The maximum Gasteiger partial charge on any atom is 0.270 e. The second-order valence-corrected chi connectivity index (χ2v) is 6.19. The second-order valence-electron chi connectivity index (χ2n) is 6.19. The van der Waals surface area contributed by atoms with Crippen LogP contribution in [-0.4, -0.2) is 36.1 Å². The fourth-order valence-corrected chi connectivity index (χ4v) is 2.48. The highest BCUT2D eigenvalue weighted by Crippen LogP contribution is 2.25. The summed E-state index contributed by atoms with van der Waals surface area (Å²) in [5.74, 6) is 0.592. The smallest absolute Gasteiger partial charge is 0.270 e. The van der Waals surface area contributed by atoms with Crippen molar-refractivity contribution in [2.45, 2.75) is 33.1 Å². The molecule has 1 heterocycles. The summed E-state index contributed by atoms with van der Waals surface area (Å²) in [6, 6.07) is 9.73. The van der Waals surface area contributed by atoms with Gasteiger partial charge in [0.05, 0.1) is 0 Å². The van der Waals surface area contributed by atoms with E-state index >= 15 is 0 Å². The number of amides is 1. The van der Waals surface area contributed by atoms with Crippen LogP contribution in [0.5, 0.6) is 0 Å². The predicted octanol–water partition coefficient (Wildman–Crippen LogP) is 3.42. The van der Waals surface area contributed by atoms with E-state index in [9.17, 15) is 4.79 Å². The van der Waals surface area contributed by atoms with E-state index < -0.39 is 0 Å². The van der Waals surface area contributed by atoms with Crippen molar-refractivity contribution in [3.05, 3.63) is 47.3 Å². The summed E-state index contributed by atoms with van der Waals surface area (Å²) in [5.41, 5.74) is 3.23. The van der Waals surface area contributed by atoms with Crippen molar-refractivity contribution in [1.82, 2.24) is 15.3 Å². The molecular weight excluding hydrogens is 316 g/mol. The number of methoxy groups -OCH3 is 1. The molecule has 0 spiro atoms. The molecule has 0 aliphatic rings. The molecular formula is C19H26N4O2. The Hall–Kier alpha value is -2.47. The lowest BCUT2D eigenvalue weighted by atomic mass is 10.0. The molecule has 2 rings (SSSR count). The Morgan fingerprint density at radius 3 is 2.72 bits per heavy atom. The van der Waals surface area contributed by atoms with Crippen LogP contribution >= 0.6 is 0 Å². The van der Waals surface area contributed by atoms with Gasteiger partial charge >= 0.3 is 0 Å². The third kappa shape index (κ3) is 5.53. The van der Waals surface area contributed by atoms with Crippen LogP contribution in [0.15, 0.2) is 30.3 Å². The lowest BCUT2D eigenvalue weighted by Gasteiger charge is -2.14. The van der Waals surface area contributed by atoms with Gasteiger partial charge in [-0.25, -0.2) is 9.97 Å². The number of aromatic nitrogens is 2. The fraction of sp³-hybridized carbons (Fsp3) is 0.421. The Morgan fingerprint density at radius 1 is 1.24 bits per heavy atom. The van der Waals surface area contributed by atoms with Crippen LogP contribution in [0.4, 0.5) is 11.6 Å². The van der Waals surface area contributed by atoms with Gasteiger partial charge in [-0.15, -0.1) is 0 Å².